The minimum Gasteiger partial charge on any atom is -0.351 e. The molecule has 1 aliphatic rings. The summed E-state index contributed by atoms with van der Waals surface area (Å²) in [5.41, 5.74) is 0.133. The van der Waals surface area contributed by atoms with Crippen LogP contribution < -0.4 is 10.6 Å². The Bertz CT molecular complexity index is 836. The van der Waals surface area contributed by atoms with Gasteiger partial charge in [-0.15, -0.1) is 0 Å². The van der Waals surface area contributed by atoms with Crippen LogP contribution in [0.25, 0.3) is 0 Å². The van der Waals surface area contributed by atoms with Crippen molar-refractivity contribution in [3.63, 3.8) is 0 Å². The second-order valence-electron chi connectivity index (χ2n) is 6.73. The molecule has 1 fully saturated rings. The number of nitrogens with zero attached hydrogens (tertiary/aromatic N) is 2. The molecule has 0 aliphatic heterocycles. The van der Waals surface area contributed by atoms with Gasteiger partial charge in [0.25, 0.3) is 5.91 Å². The maximum absolute atomic E-state index is 13.8. The molecule has 8 heteroatoms. The normalized spacial score (nSPS) is 15.3. The number of anilines is 2. The number of carbonyl (C=O) groups is 1. The summed E-state index contributed by atoms with van der Waals surface area (Å²) in [7, 11) is 0. The maximum Gasteiger partial charge on any atom is 0.274 e. The number of hydrogen-bond acceptors (Lipinski definition) is 4. The van der Waals surface area contributed by atoms with Crippen LogP contribution in [0.15, 0.2) is 18.2 Å². The van der Waals surface area contributed by atoms with E-state index in [0.717, 1.165) is 37.8 Å². The highest BCUT2D eigenvalue weighted by molar-refractivity contribution is 6.03. The van der Waals surface area contributed by atoms with E-state index in [1.165, 1.54) is 18.9 Å². The number of rotatable bonds is 4. The summed E-state index contributed by atoms with van der Waals surface area (Å²) >= 11 is 0. The third kappa shape index (κ3) is 4.75. The minimum atomic E-state index is -1.64. The highest BCUT2D eigenvalue weighted by Gasteiger charge is 2.19. The van der Waals surface area contributed by atoms with E-state index in [4.69, 9.17) is 0 Å². The molecule has 5 nitrogen and oxygen atoms in total. The zero-order chi connectivity index (χ0) is 19.4. The van der Waals surface area contributed by atoms with E-state index >= 15 is 0 Å². The van der Waals surface area contributed by atoms with Crippen LogP contribution in [0.2, 0.25) is 0 Å². The van der Waals surface area contributed by atoms with Crippen molar-refractivity contribution in [2.75, 3.05) is 10.6 Å². The molecule has 1 heterocycles. The van der Waals surface area contributed by atoms with E-state index in [9.17, 15) is 18.0 Å². The molecule has 1 amide bonds. The molecular formula is C19H21F3N4O. The molecule has 0 unspecified atom stereocenters. The number of hydrogen-bond donors (Lipinski definition) is 2. The molecule has 0 spiro atoms. The first-order valence-electron chi connectivity index (χ1n) is 9.01. The predicted molar refractivity (Wildman–Crippen MR) is 96.2 cm³/mol. The molecule has 1 aromatic carbocycles. The Morgan fingerprint density at radius 2 is 1.74 bits per heavy atom. The third-order valence-corrected chi connectivity index (χ3v) is 4.56. The summed E-state index contributed by atoms with van der Waals surface area (Å²) in [4.78, 5) is 20.9. The van der Waals surface area contributed by atoms with Crippen LogP contribution in [0.5, 0.6) is 0 Å². The van der Waals surface area contributed by atoms with Gasteiger partial charge in [-0.25, -0.2) is 23.1 Å². The Kier molecular flexibility index (Phi) is 5.93. The van der Waals surface area contributed by atoms with Gasteiger partial charge in [0.1, 0.15) is 5.69 Å². The van der Waals surface area contributed by atoms with Gasteiger partial charge in [-0.1, -0.05) is 25.7 Å². The Morgan fingerprint density at radius 1 is 1.04 bits per heavy atom. The van der Waals surface area contributed by atoms with Crippen LogP contribution in [0.3, 0.4) is 0 Å². The first kappa shape index (κ1) is 19.1. The summed E-state index contributed by atoms with van der Waals surface area (Å²) in [6.45, 7) is 1.72. The van der Waals surface area contributed by atoms with Crippen LogP contribution in [0.4, 0.5) is 24.8 Å². The molecule has 3 rings (SSSR count). The van der Waals surface area contributed by atoms with E-state index in [2.05, 4.69) is 20.6 Å². The molecule has 1 aliphatic carbocycles. The molecule has 27 heavy (non-hydrogen) atoms. The fraction of sp³-hybridized carbons (Fsp3) is 0.421. The topological polar surface area (TPSA) is 66.9 Å². The number of nitrogens with one attached hydrogen (secondary N) is 2. The van der Waals surface area contributed by atoms with Crippen molar-refractivity contribution < 1.29 is 18.0 Å². The largest absolute Gasteiger partial charge is 0.351 e. The van der Waals surface area contributed by atoms with Gasteiger partial charge in [0.05, 0.1) is 5.69 Å². The highest BCUT2D eigenvalue weighted by atomic mass is 19.2. The third-order valence-electron chi connectivity index (χ3n) is 4.56. The van der Waals surface area contributed by atoms with E-state index in [1.807, 2.05) is 0 Å². The molecule has 1 aromatic heterocycles. The van der Waals surface area contributed by atoms with Crippen molar-refractivity contribution in [2.24, 2.45) is 0 Å². The number of halogens is 3. The van der Waals surface area contributed by atoms with Crippen LogP contribution in [0.1, 0.15) is 54.7 Å². The smallest absolute Gasteiger partial charge is 0.274 e. The fourth-order valence-corrected chi connectivity index (χ4v) is 3.16. The minimum absolute atomic E-state index is 0.0164. The van der Waals surface area contributed by atoms with Crippen LogP contribution >= 0.6 is 0 Å². The average Bonchev–Trinajstić information content (AvgIpc) is 2.90. The predicted octanol–water partition coefficient (Wildman–Crippen LogP) is 4.59. The van der Waals surface area contributed by atoms with Gasteiger partial charge in [0.15, 0.2) is 17.5 Å². The van der Waals surface area contributed by atoms with Gasteiger partial charge in [-0.2, -0.15) is 0 Å². The number of aromatic nitrogens is 2. The van der Waals surface area contributed by atoms with Crippen molar-refractivity contribution in [2.45, 2.75) is 51.5 Å². The molecule has 2 N–H and O–H groups in total. The van der Waals surface area contributed by atoms with Gasteiger partial charge in [-0.3, -0.25) is 4.79 Å². The zero-order valence-electron chi connectivity index (χ0n) is 15.0. The lowest BCUT2D eigenvalue weighted by Crippen LogP contribution is -2.22. The van der Waals surface area contributed by atoms with Crippen LogP contribution in [0, 0.1) is 24.4 Å². The lowest BCUT2D eigenvalue weighted by Gasteiger charge is -2.17. The molecule has 0 atom stereocenters. The lowest BCUT2D eigenvalue weighted by molar-refractivity contribution is 0.102. The van der Waals surface area contributed by atoms with Crippen molar-refractivity contribution in [1.82, 2.24) is 9.97 Å². The Hall–Kier alpha value is -2.64. The molecule has 2 aromatic rings. The van der Waals surface area contributed by atoms with Gasteiger partial charge in [0, 0.05) is 11.7 Å². The maximum atomic E-state index is 13.8. The summed E-state index contributed by atoms with van der Waals surface area (Å²) in [6.07, 6.45) is 6.71. The van der Waals surface area contributed by atoms with E-state index in [1.54, 1.807) is 6.92 Å². The van der Waals surface area contributed by atoms with Gasteiger partial charge in [-0.05, 0) is 38.0 Å². The molecule has 0 bridgehead atoms. The molecular weight excluding hydrogens is 357 g/mol. The molecule has 1 saturated carbocycles. The summed E-state index contributed by atoms with van der Waals surface area (Å²) in [5, 5.41) is 5.49. The van der Waals surface area contributed by atoms with Crippen molar-refractivity contribution in [3.8, 4) is 0 Å². The van der Waals surface area contributed by atoms with Gasteiger partial charge < -0.3 is 10.6 Å². The second-order valence-corrected chi connectivity index (χ2v) is 6.73. The number of benzene rings is 1. The van der Waals surface area contributed by atoms with Crippen molar-refractivity contribution in [3.05, 3.63) is 47.0 Å². The Morgan fingerprint density at radius 3 is 2.44 bits per heavy atom. The van der Waals surface area contributed by atoms with E-state index < -0.39 is 29.0 Å². The fourth-order valence-electron chi connectivity index (χ4n) is 3.16. The Balaban J connectivity index is 1.77. The highest BCUT2D eigenvalue weighted by Crippen LogP contribution is 2.22. The number of aryl methyl sites for hydroxylation is 1. The molecule has 144 valence electrons. The summed E-state index contributed by atoms with van der Waals surface area (Å²) < 4.78 is 40.1. The number of carbonyl (C=O) groups excluding carboxylic acids is 1. The second kappa shape index (κ2) is 8.37. The Labute approximate surface area is 155 Å². The quantitative estimate of drug-likeness (QED) is 0.603. The summed E-state index contributed by atoms with van der Waals surface area (Å²) in [6, 6.07) is 3.41. The number of amides is 1. The first-order chi connectivity index (χ1) is 12.9. The summed E-state index contributed by atoms with van der Waals surface area (Å²) in [5.74, 6) is -4.81. The lowest BCUT2D eigenvalue weighted by atomic mass is 10.1. The zero-order valence-corrected chi connectivity index (χ0v) is 15.0. The molecule has 0 radical (unpaired) electrons. The van der Waals surface area contributed by atoms with Gasteiger partial charge in [0.2, 0.25) is 5.95 Å². The standard InChI is InChI=1S/C19H21F3N4O/c1-11-10-15(18(27)25-14-9-8-13(20)16(21)17(14)22)26-19(23-11)24-12-6-4-2-3-5-7-12/h8-10,12H,2-7H2,1H3,(H,25,27)(H,23,24,26). The van der Waals surface area contributed by atoms with Gasteiger partial charge >= 0.3 is 0 Å². The van der Waals surface area contributed by atoms with E-state index in [0.29, 0.717) is 11.6 Å². The first-order valence-corrected chi connectivity index (χ1v) is 9.01. The van der Waals surface area contributed by atoms with Crippen molar-refractivity contribution in [1.29, 1.82) is 0 Å². The average molecular weight is 378 g/mol. The van der Waals surface area contributed by atoms with Crippen LogP contribution in [-0.2, 0) is 0 Å². The van der Waals surface area contributed by atoms with Crippen molar-refractivity contribution >= 4 is 17.5 Å². The molecule has 0 saturated heterocycles. The van der Waals surface area contributed by atoms with Crippen LogP contribution in [-0.4, -0.2) is 21.9 Å². The SMILES string of the molecule is Cc1cc(C(=O)Nc2ccc(F)c(F)c2F)nc(NC2CCCCCC2)n1. The monoisotopic (exact) mass is 378 g/mol. The van der Waals surface area contributed by atoms with E-state index in [-0.39, 0.29) is 11.7 Å².